The molecule has 3 N–H and O–H groups in total. The van der Waals surface area contributed by atoms with Crippen LogP contribution in [0.2, 0.25) is 0 Å². The molecule has 1 heterocycles. The van der Waals surface area contributed by atoms with Crippen molar-refractivity contribution in [1.29, 1.82) is 0 Å². The number of ether oxygens (including phenoxy) is 1. The maximum Gasteiger partial charge on any atom is 0.303 e. The van der Waals surface area contributed by atoms with Gasteiger partial charge in [-0.15, -0.1) is 0 Å². The molecule has 2 rings (SSSR count). The van der Waals surface area contributed by atoms with E-state index in [-0.39, 0.29) is 31.4 Å². The van der Waals surface area contributed by atoms with E-state index in [9.17, 15) is 14.4 Å². The van der Waals surface area contributed by atoms with Gasteiger partial charge in [0.2, 0.25) is 5.91 Å². The van der Waals surface area contributed by atoms with Gasteiger partial charge in [0.1, 0.15) is 11.8 Å². The zero-order chi connectivity index (χ0) is 15.2. The average molecular weight is 292 g/mol. The molecule has 7 heteroatoms. The molecule has 2 amide bonds. The molecule has 2 atom stereocenters. The number of carboxylic acid groups (broad SMARTS) is 1. The first-order valence-corrected chi connectivity index (χ1v) is 6.55. The summed E-state index contributed by atoms with van der Waals surface area (Å²) in [7, 11) is 0. The van der Waals surface area contributed by atoms with E-state index in [1.165, 1.54) is 0 Å². The summed E-state index contributed by atoms with van der Waals surface area (Å²) in [5.41, 5.74) is 0. The van der Waals surface area contributed by atoms with Gasteiger partial charge in [-0.25, -0.2) is 0 Å². The van der Waals surface area contributed by atoms with E-state index >= 15 is 0 Å². The van der Waals surface area contributed by atoms with Gasteiger partial charge < -0.3 is 20.5 Å². The number of rotatable bonds is 7. The number of carbonyl (C=O) groups is 3. The van der Waals surface area contributed by atoms with Crippen molar-refractivity contribution in [3.63, 3.8) is 0 Å². The van der Waals surface area contributed by atoms with E-state index in [0.29, 0.717) is 5.75 Å². The summed E-state index contributed by atoms with van der Waals surface area (Å²) in [6.07, 6.45) is 0.226. The third-order valence-corrected chi connectivity index (χ3v) is 3.11. The number of nitrogens with one attached hydrogen (secondary N) is 2. The Balaban J connectivity index is 1.76. The van der Waals surface area contributed by atoms with E-state index in [4.69, 9.17) is 9.84 Å². The molecule has 7 nitrogen and oxygen atoms in total. The van der Waals surface area contributed by atoms with E-state index in [1.807, 2.05) is 6.07 Å². The highest BCUT2D eigenvalue weighted by molar-refractivity contribution is 5.93. The first-order valence-electron chi connectivity index (χ1n) is 6.55. The summed E-state index contributed by atoms with van der Waals surface area (Å²) in [6, 6.07) is 7.82. The molecule has 0 saturated carbocycles. The highest BCUT2D eigenvalue weighted by Crippen LogP contribution is 2.13. The second-order valence-corrected chi connectivity index (χ2v) is 4.69. The predicted molar refractivity (Wildman–Crippen MR) is 72.7 cm³/mol. The molecule has 1 aliphatic heterocycles. The van der Waals surface area contributed by atoms with E-state index in [1.54, 1.807) is 24.3 Å². The molecule has 1 fully saturated rings. The summed E-state index contributed by atoms with van der Waals surface area (Å²) >= 11 is 0. The topological polar surface area (TPSA) is 105 Å². The van der Waals surface area contributed by atoms with E-state index in [2.05, 4.69) is 10.6 Å². The lowest BCUT2D eigenvalue weighted by molar-refractivity contribution is -0.140. The van der Waals surface area contributed by atoms with Crippen LogP contribution in [0.4, 0.5) is 0 Å². The molecule has 1 saturated heterocycles. The van der Waals surface area contributed by atoms with Gasteiger partial charge in [0.05, 0.1) is 6.04 Å². The number of hydrogen-bond donors (Lipinski definition) is 3. The third kappa shape index (κ3) is 4.20. The smallest absolute Gasteiger partial charge is 0.303 e. The van der Waals surface area contributed by atoms with Crippen molar-refractivity contribution in [2.24, 2.45) is 0 Å². The van der Waals surface area contributed by atoms with Crippen LogP contribution in [0.1, 0.15) is 12.8 Å². The van der Waals surface area contributed by atoms with Crippen LogP contribution in [0.15, 0.2) is 30.3 Å². The van der Waals surface area contributed by atoms with Crippen molar-refractivity contribution in [1.82, 2.24) is 10.6 Å². The van der Waals surface area contributed by atoms with Crippen molar-refractivity contribution >= 4 is 17.8 Å². The molecule has 112 valence electrons. The number of para-hydroxylation sites is 1. The van der Waals surface area contributed by atoms with Crippen LogP contribution in [0.3, 0.4) is 0 Å². The average Bonchev–Trinajstić information content (AvgIpc) is 2.47. The largest absolute Gasteiger partial charge is 0.484 e. The number of amides is 2. The van der Waals surface area contributed by atoms with Crippen molar-refractivity contribution < 1.29 is 24.2 Å². The molecule has 0 aromatic heterocycles. The van der Waals surface area contributed by atoms with Gasteiger partial charge in [-0.3, -0.25) is 14.4 Å². The normalized spacial score (nSPS) is 20.1. The third-order valence-electron chi connectivity index (χ3n) is 3.11. The lowest BCUT2D eigenvalue weighted by Crippen LogP contribution is -2.69. The van der Waals surface area contributed by atoms with Crippen LogP contribution in [-0.2, 0) is 14.4 Å². The first kappa shape index (κ1) is 14.8. The number of carboxylic acids is 1. The highest BCUT2D eigenvalue weighted by Gasteiger charge is 2.40. The summed E-state index contributed by atoms with van der Waals surface area (Å²) in [6.45, 7) is -0.195. The molecule has 1 aromatic carbocycles. The Bertz CT molecular complexity index is 531. The number of aliphatic carboxylic acids is 1. The lowest BCUT2D eigenvalue weighted by atomic mass is 9.94. The van der Waals surface area contributed by atoms with Gasteiger partial charge in [0, 0.05) is 6.42 Å². The maximum atomic E-state index is 11.7. The maximum absolute atomic E-state index is 11.7. The van der Waals surface area contributed by atoms with Crippen LogP contribution in [0.25, 0.3) is 0 Å². The molecule has 0 aliphatic carbocycles. The Labute approximate surface area is 121 Å². The van der Waals surface area contributed by atoms with Crippen molar-refractivity contribution in [3.05, 3.63) is 30.3 Å². The minimum atomic E-state index is -0.936. The Kier molecular flexibility index (Phi) is 4.76. The monoisotopic (exact) mass is 292 g/mol. The van der Waals surface area contributed by atoms with Gasteiger partial charge in [-0.05, 0) is 18.6 Å². The standard InChI is InChI=1S/C14H16N2O5/c17-11(8-21-9-4-2-1-3-5-9)16-13-10(15-14(13)20)6-7-12(18)19/h1-5,10,13H,6-8H2,(H,15,20)(H,16,17)(H,18,19)/t10-,13+/m1/s1. The van der Waals surface area contributed by atoms with Gasteiger partial charge in [0.15, 0.2) is 6.61 Å². The molecule has 1 aliphatic rings. The Morgan fingerprint density at radius 2 is 2.00 bits per heavy atom. The van der Waals surface area contributed by atoms with Crippen LogP contribution in [0, 0.1) is 0 Å². The number of carbonyl (C=O) groups excluding carboxylic acids is 2. The van der Waals surface area contributed by atoms with Crippen molar-refractivity contribution in [2.45, 2.75) is 24.9 Å². The molecule has 21 heavy (non-hydrogen) atoms. The van der Waals surface area contributed by atoms with E-state index < -0.39 is 17.9 Å². The van der Waals surface area contributed by atoms with Crippen LogP contribution in [-0.4, -0.2) is 41.6 Å². The molecule has 0 bridgehead atoms. The molecule has 0 spiro atoms. The molecule has 0 unspecified atom stereocenters. The van der Waals surface area contributed by atoms with Gasteiger partial charge >= 0.3 is 5.97 Å². The molecular formula is C14H16N2O5. The number of hydrogen-bond acceptors (Lipinski definition) is 4. The summed E-state index contributed by atoms with van der Waals surface area (Å²) in [4.78, 5) is 33.6. The molecular weight excluding hydrogens is 276 g/mol. The lowest BCUT2D eigenvalue weighted by Gasteiger charge is -2.36. The Morgan fingerprint density at radius 1 is 1.29 bits per heavy atom. The van der Waals surface area contributed by atoms with Crippen molar-refractivity contribution in [2.75, 3.05) is 6.61 Å². The summed E-state index contributed by atoms with van der Waals surface area (Å²) in [5, 5.41) is 13.7. The fourth-order valence-electron chi connectivity index (χ4n) is 2.01. The van der Waals surface area contributed by atoms with Crippen molar-refractivity contribution in [3.8, 4) is 5.75 Å². The van der Waals surface area contributed by atoms with E-state index in [0.717, 1.165) is 0 Å². The fourth-order valence-corrected chi connectivity index (χ4v) is 2.01. The number of β-lactam (4-membered cyclic amide) rings is 1. The zero-order valence-corrected chi connectivity index (χ0v) is 11.2. The van der Waals surface area contributed by atoms with Crippen LogP contribution in [0.5, 0.6) is 5.75 Å². The quantitative estimate of drug-likeness (QED) is 0.609. The fraction of sp³-hybridized carbons (Fsp3) is 0.357. The summed E-state index contributed by atoms with van der Waals surface area (Å²) < 4.78 is 5.27. The highest BCUT2D eigenvalue weighted by atomic mass is 16.5. The first-order chi connectivity index (χ1) is 10.1. The minimum Gasteiger partial charge on any atom is -0.484 e. The molecule has 1 aromatic rings. The zero-order valence-electron chi connectivity index (χ0n) is 11.2. The molecule has 0 radical (unpaired) electrons. The van der Waals surface area contributed by atoms with Gasteiger partial charge in [0.25, 0.3) is 5.91 Å². The second-order valence-electron chi connectivity index (χ2n) is 4.69. The van der Waals surface area contributed by atoms with Gasteiger partial charge in [-0.1, -0.05) is 18.2 Å². The Morgan fingerprint density at radius 3 is 2.62 bits per heavy atom. The predicted octanol–water partition coefficient (Wildman–Crippen LogP) is -0.0866. The minimum absolute atomic E-state index is 0.0577. The van der Waals surface area contributed by atoms with Gasteiger partial charge in [-0.2, -0.15) is 0 Å². The Hall–Kier alpha value is -2.57. The number of benzene rings is 1. The van der Waals surface area contributed by atoms with Crippen LogP contribution >= 0.6 is 0 Å². The van der Waals surface area contributed by atoms with Crippen LogP contribution < -0.4 is 15.4 Å². The summed E-state index contributed by atoms with van der Waals surface area (Å²) in [5.74, 6) is -1.10. The SMILES string of the molecule is O=C(O)CC[C@H]1NC(=O)[C@H]1NC(=O)COc1ccccc1. The second kappa shape index (κ2) is 6.74.